The van der Waals surface area contributed by atoms with Crippen molar-refractivity contribution in [2.75, 3.05) is 16.8 Å². The molecular formula is C17H15BrF2N2O2. The van der Waals surface area contributed by atoms with Gasteiger partial charge in [0.05, 0.1) is 5.69 Å². The van der Waals surface area contributed by atoms with Gasteiger partial charge in [-0.2, -0.15) is 0 Å². The van der Waals surface area contributed by atoms with Gasteiger partial charge in [-0.15, -0.1) is 0 Å². The summed E-state index contributed by atoms with van der Waals surface area (Å²) in [4.78, 5) is 25.3. The van der Waals surface area contributed by atoms with Gasteiger partial charge in [0.15, 0.2) is 0 Å². The van der Waals surface area contributed by atoms with Crippen LogP contribution in [0.2, 0.25) is 0 Å². The number of hydrogen-bond donors (Lipinski definition) is 1. The van der Waals surface area contributed by atoms with E-state index >= 15 is 0 Å². The number of rotatable bonds is 4. The summed E-state index contributed by atoms with van der Waals surface area (Å²) < 4.78 is 27.3. The molecule has 0 saturated carbocycles. The minimum atomic E-state index is -0.877. The lowest BCUT2D eigenvalue weighted by Crippen LogP contribution is -2.37. The van der Waals surface area contributed by atoms with Crippen molar-refractivity contribution in [1.29, 1.82) is 0 Å². The van der Waals surface area contributed by atoms with E-state index in [1.807, 2.05) is 13.0 Å². The lowest BCUT2D eigenvalue weighted by molar-refractivity contribution is -0.120. The van der Waals surface area contributed by atoms with Crippen molar-refractivity contribution in [2.24, 2.45) is 0 Å². The van der Waals surface area contributed by atoms with E-state index in [2.05, 4.69) is 21.2 Å². The third-order valence-corrected chi connectivity index (χ3v) is 3.83. The van der Waals surface area contributed by atoms with Crippen molar-refractivity contribution in [1.82, 2.24) is 0 Å². The van der Waals surface area contributed by atoms with Crippen LogP contribution in [-0.4, -0.2) is 18.4 Å². The number of amides is 2. The van der Waals surface area contributed by atoms with E-state index < -0.39 is 17.5 Å². The highest BCUT2D eigenvalue weighted by Crippen LogP contribution is 2.24. The number of anilines is 2. The standard InChI is InChI=1S/C17H15BrF2N2O2/c1-10-7-12(18)3-6-16(10)22(11(2)23)9-17(24)21-15-5-4-13(19)8-14(15)20/h3-8H,9H2,1-2H3,(H,21,24). The Hall–Kier alpha value is -2.28. The molecule has 0 atom stereocenters. The third-order valence-electron chi connectivity index (χ3n) is 3.34. The molecule has 126 valence electrons. The van der Waals surface area contributed by atoms with Crippen LogP contribution in [0, 0.1) is 18.6 Å². The number of benzene rings is 2. The maximum Gasteiger partial charge on any atom is 0.244 e. The Kier molecular flexibility index (Phi) is 5.66. The Morgan fingerprint density at radius 3 is 2.46 bits per heavy atom. The molecule has 0 aromatic heterocycles. The van der Waals surface area contributed by atoms with Gasteiger partial charge >= 0.3 is 0 Å². The first kappa shape index (κ1) is 18.1. The van der Waals surface area contributed by atoms with Gasteiger partial charge in [0.1, 0.15) is 18.2 Å². The summed E-state index contributed by atoms with van der Waals surface area (Å²) in [7, 11) is 0. The zero-order valence-electron chi connectivity index (χ0n) is 13.1. The first-order chi connectivity index (χ1) is 11.3. The van der Waals surface area contributed by atoms with Gasteiger partial charge in [0.25, 0.3) is 0 Å². The van der Waals surface area contributed by atoms with Crippen molar-refractivity contribution >= 4 is 39.1 Å². The van der Waals surface area contributed by atoms with Crippen LogP contribution < -0.4 is 10.2 Å². The van der Waals surface area contributed by atoms with E-state index in [1.165, 1.54) is 11.8 Å². The molecule has 0 aliphatic carbocycles. The van der Waals surface area contributed by atoms with E-state index in [1.54, 1.807) is 12.1 Å². The Morgan fingerprint density at radius 1 is 1.17 bits per heavy atom. The van der Waals surface area contributed by atoms with E-state index in [0.717, 1.165) is 22.2 Å². The Morgan fingerprint density at radius 2 is 1.88 bits per heavy atom. The Balaban J connectivity index is 2.18. The molecule has 2 aromatic rings. The number of aryl methyl sites for hydroxylation is 1. The zero-order valence-corrected chi connectivity index (χ0v) is 14.7. The highest BCUT2D eigenvalue weighted by Gasteiger charge is 2.18. The van der Waals surface area contributed by atoms with E-state index in [-0.39, 0.29) is 18.1 Å². The van der Waals surface area contributed by atoms with Crippen LogP contribution in [0.15, 0.2) is 40.9 Å². The van der Waals surface area contributed by atoms with Crippen LogP contribution in [0.4, 0.5) is 20.2 Å². The fraction of sp³-hybridized carbons (Fsp3) is 0.176. The average molecular weight is 397 g/mol. The fourth-order valence-corrected chi connectivity index (χ4v) is 2.69. The van der Waals surface area contributed by atoms with Crippen molar-refractivity contribution < 1.29 is 18.4 Å². The molecule has 0 aliphatic heterocycles. The fourth-order valence-electron chi connectivity index (χ4n) is 2.21. The van der Waals surface area contributed by atoms with Crippen molar-refractivity contribution in [3.8, 4) is 0 Å². The molecule has 0 aliphatic rings. The summed E-state index contributed by atoms with van der Waals surface area (Å²) in [6.45, 7) is 2.87. The summed E-state index contributed by atoms with van der Waals surface area (Å²) in [5.41, 5.74) is 1.25. The van der Waals surface area contributed by atoms with Crippen LogP contribution in [0.3, 0.4) is 0 Å². The minimum absolute atomic E-state index is 0.141. The maximum absolute atomic E-state index is 13.6. The van der Waals surface area contributed by atoms with Gasteiger partial charge in [-0.25, -0.2) is 8.78 Å². The van der Waals surface area contributed by atoms with Gasteiger partial charge in [0, 0.05) is 23.2 Å². The van der Waals surface area contributed by atoms with Crippen molar-refractivity contribution in [3.63, 3.8) is 0 Å². The second-order valence-corrected chi connectivity index (χ2v) is 6.12. The van der Waals surface area contributed by atoms with E-state index in [9.17, 15) is 18.4 Å². The van der Waals surface area contributed by atoms with Gasteiger partial charge < -0.3 is 10.2 Å². The predicted octanol–water partition coefficient (Wildman–Crippen LogP) is 4.03. The van der Waals surface area contributed by atoms with Crippen LogP contribution in [0.5, 0.6) is 0 Å². The normalized spacial score (nSPS) is 10.4. The summed E-state index contributed by atoms with van der Waals surface area (Å²) >= 11 is 3.34. The maximum atomic E-state index is 13.6. The monoisotopic (exact) mass is 396 g/mol. The predicted molar refractivity (Wildman–Crippen MR) is 91.9 cm³/mol. The first-order valence-electron chi connectivity index (χ1n) is 7.07. The highest BCUT2D eigenvalue weighted by molar-refractivity contribution is 9.10. The van der Waals surface area contributed by atoms with E-state index in [0.29, 0.717) is 11.8 Å². The molecule has 0 unspecified atom stereocenters. The molecule has 2 amide bonds. The molecule has 7 heteroatoms. The van der Waals surface area contributed by atoms with Gasteiger partial charge in [-0.1, -0.05) is 15.9 Å². The van der Waals surface area contributed by atoms with Crippen molar-refractivity contribution in [3.05, 3.63) is 58.1 Å². The lowest BCUT2D eigenvalue weighted by atomic mass is 10.2. The topological polar surface area (TPSA) is 49.4 Å². The number of nitrogens with one attached hydrogen (secondary N) is 1. The SMILES string of the molecule is CC(=O)N(CC(=O)Nc1ccc(F)cc1F)c1ccc(Br)cc1C. The summed E-state index contributed by atoms with van der Waals surface area (Å²) in [5.74, 6) is -2.52. The molecule has 24 heavy (non-hydrogen) atoms. The number of carbonyl (C=O) groups is 2. The smallest absolute Gasteiger partial charge is 0.244 e. The van der Waals surface area contributed by atoms with Crippen LogP contribution in [0.25, 0.3) is 0 Å². The summed E-state index contributed by atoms with van der Waals surface area (Å²) in [6.07, 6.45) is 0. The highest BCUT2D eigenvalue weighted by atomic mass is 79.9. The molecule has 0 spiro atoms. The van der Waals surface area contributed by atoms with E-state index in [4.69, 9.17) is 0 Å². The molecule has 2 aromatic carbocycles. The van der Waals surface area contributed by atoms with Gasteiger partial charge in [-0.05, 0) is 42.8 Å². The largest absolute Gasteiger partial charge is 0.322 e. The quantitative estimate of drug-likeness (QED) is 0.847. The molecule has 2 rings (SSSR count). The van der Waals surface area contributed by atoms with Crippen molar-refractivity contribution in [2.45, 2.75) is 13.8 Å². The van der Waals surface area contributed by atoms with Gasteiger partial charge in [-0.3, -0.25) is 9.59 Å². The molecule has 4 nitrogen and oxygen atoms in total. The molecule has 0 fully saturated rings. The number of nitrogens with zero attached hydrogens (tertiary/aromatic N) is 1. The molecule has 0 bridgehead atoms. The third kappa shape index (κ3) is 4.38. The molecule has 0 heterocycles. The molecule has 0 saturated heterocycles. The summed E-state index contributed by atoms with van der Waals surface area (Å²) in [6, 6.07) is 8.15. The molecule has 0 radical (unpaired) electrons. The molecule has 1 N–H and O–H groups in total. The zero-order chi connectivity index (χ0) is 17.9. The second kappa shape index (κ2) is 7.53. The summed E-state index contributed by atoms with van der Waals surface area (Å²) in [5, 5.41) is 2.34. The average Bonchev–Trinajstić information content (AvgIpc) is 2.48. The minimum Gasteiger partial charge on any atom is -0.322 e. The number of carbonyl (C=O) groups excluding carboxylic acids is 2. The first-order valence-corrected chi connectivity index (χ1v) is 7.86. The van der Waals surface area contributed by atoms with Crippen LogP contribution >= 0.6 is 15.9 Å². The second-order valence-electron chi connectivity index (χ2n) is 5.21. The van der Waals surface area contributed by atoms with Crippen LogP contribution in [-0.2, 0) is 9.59 Å². The molecular weight excluding hydrogens is 382 g/mol. The Bertz CT molecular complexity index is 796. The number of hydrogen-bond acceptors (Lipinski definition) is 2. The Labute approximate surface area is 146 Å². The van der Waals surface area contributed by atoms with Crippen LogP contribution in [0.1, 0.15) is 12.5 Å². The number of halogens is 3. The van der Waals surface area contributed by atoms with Gasteiger partial charge in [0.2, 0.25) is 11.8 Å². The lowest BCUT2D eigenvalue weighted by Gasteiger charge is -2.22.